The number of aryl methyl sites for hydroxylation is 1. The van der Waals surface area contributed by atoms with E-state index in [-0.39, 0.29) is 0 Å². The van der Waals surface area contributed by atoms with Gasteiger partial charge in [-0.25, -0.2) is 4.98 Å². The smallest absolute Gasteiger partial charge is 0.138 e. The molecule has 0 radical (unpaired) electrons. The van der Waals surface area contributed by atoms with E-state index in [1.807, 2.05) is 7.05 Å². The molecule has 0 saturated carbocycles. The Balaban J connectivity index is 2.94. The van der Waals surface area contributed by atoms with E-state index in [0.717, 1.165) is 5.82 Å². The molecule has 50 valence electrons. The Hall–Kier alpha value is -0.860. The van der Waals surface area contributed by atoms with E-state index in [1.165, 1.54) is 0 Å². The lowest BCUT2D eigenvalue weighted by molar-refractivity contribution is 0.655. The second kappa shape index (κ2) is 2.17. The van der Waals surface area contributed by atoms with Crippen LogP contribution in [0.3, 0.4) is 0 Å². The molecule has 0 spiro atoms. The van der Waals surface area contributed by atoms with Crippen LogP contribution >= 0.6 is 0 Å². The molecule has 1 aromatic heterocycles. The van der Waals surface area contributed by atoms with Gasteiger partial charge in [-0.1, -0.05) is 13.8 Å². The lowest BCUT2D eigenvalue weighted by Gasteiger charge is -2.00. The first-order chi connectivity index (χ1) is 4.22. The van der Waals surface area contributed by atoms with Gasteiger partial charge in [0.1, 0.15) is 12.2 Å². The molecule has 0 unspecified atom stereocenters. The van der Waals surface area contributed by atoms with Crippen molar-refractivity contribution in [1.82, 2.24) is 14.8 Å². The zero-order chi connectivity index (χ0) is 6.85. The normalized spacial score (nSPS) is 10.7. The van der Waals surface area contributed by atoms with Crippen LogP contribution in [0.5, 0.6) is 0 Å². The molecule has 0 aromatic carbocycles. The number of hydrogen-bond acceptors (Lipinski definition) is 2. The van der Waals surface area contributed by atoms with Crippen molar-refractivity contribution in [2.24, 2.45) is 7.05 Å². The van der Waals surface area contributed by atoms with E-state index in [4.69, 9.17) is 0 Å². The SMILES string of the molecule is CC(C)c1ncnn1C. The number of hydrogen-bond donors (Lipinski definition) is 0. The fourth-order valence-corrected chi connectivity index (χ4v) is 0.828. The molecule has 1 heterocycles. The predicted octanol–water partition coefficient (Wildman–Crippen LogP) is 0.939. The van der Waals surface area contributed by atoms with Gasteiger partial charge in [-0.05, 0) is 0 Å². The van der Waals surface area contributed by atoms with Gasteiger partial charge in [-0.3, -0.25) is 4.68 Å². The first-order valence-corrected chi connectivity index (χ1v) is 3.05. The summed E-state index contributed by atoms with van der Waals surface area (Å²) in [6.45, 7) is 4.20. The summed E-state index contributed by atoms with van der Waals surface area (Å²) in [6.07, 6.45) is 1.58. The molecule has 1 aromatic rings. The van der Waals surface area contributed by atoms with Crippen LogP contribution in [0.4, 0.5) is 0 Å². The standard InChI is InChI=1S/C6H11N3/c1-5(2)6-7-4-8-9(6)3/h4-5H,1-3H3. The monoisotopic (exact) mass is 125 g/mol. The Labute approximate surface area is 54.7 Å². The van der Waals surface area contributed by atoms with Crippen LogP contribution < -0.4 is 0 Å². The molecule has 0 bridgehead atoms. The molecule has 0 fully saturated rings. The Morgan fingerprint density at radius 2 is 2.22 bits per heavy atom. The van der Waals surface area contributed by atoms with E-state index in [1.54, 1.807) is 11.0 Å². The maximum Gasteiger partial charge on any atom is 0.138 e. The maximum absolute atomic E-state index is 4.07. The second-order valence-corrected chi connectivity index (χ2v) is 2.40. The summed E-state index contributed by atoms with van der Waals surface area (Å²) in [6, 6.07) is 0. The third-order valence-corrected chi connectivity index (χ3v) is 1.26. The summed E-state index contributed by atoms with van der Waals surface area (Å²) in [4.78, 5) is 4.07. The van der Waals surface area contributed by atoms with Gasteiger partial charge in [0.15, 0.2) is 0 Å². The minimum absolute atomic E-state index is 0.470. The molecule has 0 aliphatic carbocycles. The lowest BCUT2D eigenvalue weighted by atomic mass is 10.2. The van der Waals surface area contributed by atoms with Gasteiger partial charge in [-0.2, -0.15) is 5.10 Å². The molecule has 3 nitrogen and oxygen atoms in total. The molecule has 9 heavy (non-hydrogen) atoms. The van der Waals surface area contributed by atoms with Crippen molar-refractivity contribution in [1.29, 1.82) is 0 Å². The summed E-state index contributed by atoms with van der Waals surface area (Å²) in [7, 11) is 1.91. The van der Waals surface area contributed by atoms with Crippen molar-refractivity contribution in [2.45, 2.75) is 19.8 Å². The Morgan fingerprint density at radius 1 is 1.56 bits per heavy atom. The number of nitrogens with zero attached hydrogens (tertiary/aromatic N) is 3. The molecular weight excluding hydrogens is 114 g/mol. The summed E-state index contributed by atoms with van der Waals surface area (Å²) in [5, 5.41) is 3.94. The van der Waals surface area contributed by atoms with E-state index >= 15 is 0 Å². The van der Waals surface area contributed by atoms with Gasteiger partial charge in [0.2, 0.25) is 0 Å². The summed E-state index contributed by atoms with van der Waals surface area (Å²) in [5.41, 5.74) is 0. The highest BCUT2D eigenvalue weighted by Crippen LogP contribution is 2.07. The topological polar surface area (TPSA) is 30.7 Å². The summed E-state index contributed by atoms with van der Waals surface area (Å²) < 4.78 is 1.80. The van der Waals surface area contributed by atoms with Crippen LogP contribution in [0.2, 0.25) is 0 Å². The van der Waals surface area contributed by atoms with E-state index in [0.29, 0.717) is 5.92 Å². The molecule has 0 aliphatic rings. The van der Waals surface area contributed by atoms with Gasteiger partial charge in [0.25, 0.3) is 0 Å². The highest BCUT2D eigenvalue weighted by Gasteiger charge is 2.02. The molecule has 1 rings (SSSR count). The van der Waals surface area contributed by atoms with Gasteiger partial charge in [-0.15, -0.1) is 0 Å². The third kappa shape index (κ3) is 1.09. The highest BCUT2D eigenvalue weighted by molar-refractivity contribution is 4.89. The molecule has 3 heteroatoms. The fraction of sp³-hybridized carbons (Fsp3) is 0.667. The summed E-state index contributed by atoms with van der Waals surface area (Å²) >= 11 is 0. The lowest BCUT2D eigenvalue weighted by Crippen LogP contribution is -2.00. The second-order valence-electron chi connectivity index (χ2n) is 2.40. The van der Waals surface area contributed by atoms with Crippen LogP contribution in [0.15, 0.2) is 6.33 Å². The summed E-state index contributed by atoms with van der Waals surface area (Å²) in [5.74, 6) is 1.51. The average molecular weight is 125 g/mol. The Kier molecular flexibility index (Phi) is 1.51. The highest BCUT2D eigenvalue weighted by atomic mass is 15.3. The van der Waals surface area contributed by atoms with Crippen molar-refractivity contribution < 1.29 is 0 Å². The van der Waals surface area contributed by atoms with E-state index in [2.05, 4.69) is 23.9 Å². The van der Waals surface area contributed by atoms with Crippen LogP contribution in [-0.2, 0) is 7.05 Å². The number of aromatic nitrogens is 3. The fourth-order valence-electron chi connectivity index (χ4n) is 0.828. The zero-order valence-corrected chi connectivity index (χ0v) is 6.00. The molecule has 0 amide bonds. The predicted molar refractivity (Wildman–Crippen MR) is 35.1 cm³/mol. The average Bonchev–Trinajstić information content (AvgIpc) is 2.13. The minimum Gasteiger partial charge on any atom is -0.253 e. The van der Waals surface area contributed by atoms with Gasteiger partial charge in [0, 0.05) is 13.0 Å². The van der Waals surface area contributed by atoms with Crippen molar-refractivity contribution >= 4 is 0 Å². The van der Waals surface area contributed by atoms with Crippen LogP contribution in [0, 0.1) is 0 Å². The first-order valence-electron chi connectivity index (χ1n) is 3.05. The van der Waals surface area contributed by atoms with Crippen LogP contribution in [0.1, 0.15) is 25.6 Å². The molecule has 0 aliphatic heterocycles. The van der Waals surface area contributed by atoms with Crippen molar-refractivity contribution in [3.05, 3.63) is 12.2 Å². The Morgan fingerprint density at radius 3 is 2.44 bits per heavy atom. The van der Waals surface area contributed by atoms with E-state index in [9.17, 15) is 0 Å². The number of rotatable bonds is 1. The first kappa shape index (κ1) is 6.26. The maximum atomic E-state index is 4.07. The molecule has 0 atom stereocenters. The zero-order valence-electron chi connectivity index (χ0n) is 6.00. The van der Waals surface area contributed by atoms with Crippen molar-refractivity contribution in [3.8, 4) is 0 Å². The van der Waals surface area contributed by atoms with Gasteiger partial charge >= 0.3 is 0 Å². The van der Waals surface area contributed by atoms with Gasteiger partial charge < -0.3 is 0 Å². The third-order valence-electron chi connectivity index (χ3n) is 1.26. The molecule has 0 saturated heterocycles. The Bertz CT molecular complexity index is 190. The molecule has 0 N–H and O–H groups in total. The van der Waals surface area contributed by atoms with Crippen LogP contribution in [-0.4, -0.2) is 14.8 Å². The largest absolute Gasteiger partial charge is 0.253 e. The quantitative estimate of drug-likeness (QED) is 0.559. The van der Waals surface area contributed by atoms with E-state index < -0.39 is 0 Å². The van der Waals surface area contributed by atoms with Crippen molar-refractivity contribution in [2.75, 3.05) is 0 Å². The van der Waals surface area contributed by atoms with Crippen LogP contribution in [0.25, 0.3) is 0 Å². The molecular formula is C6H11N3. The minimum atomic E-state index is 0.470. The van der Waals surface area contributed by atoms with Crippen molar-refractivity contribution in [3.63, 3.8) is 0 Å². The van der Waals surface area contributed by atoms with Gasteiger partial charge in [0.05, 0.1) is 0 Å².